The van der Waals surface area contributed by atoms with Crippen molar-refractivity contribution in [2.24, 2.45) is 7.05 Å². The van der Waals surface area contributed by atoms with Crippen molar-refractivity contribution in [2.75, 3.05) is 31.2 Å². The van der Waals surface area contributed by atoms with Gasteiger partial charge in [-0.1, -0.05) is 0 Å². The highest BCUT2D eigenvalue weighted by Crippen LogP contribution is 2.35. The van der Waals surface area contributed by atoms with Gasteiger partial charge in [-0.15, -0.1) is 5.10 Å². The Morgan fingerprint density at radius 1 is 1.37 bits per heavy atom. The van der Waals surface area contributed by atoms with Crippen LogP contribution in [0.25, 0.3) is 0 Å². The van der Waals surface area contributed by atoms with E-state index in [9.17, 15) is 10.1 Å². The molecule has 0 amide bonds. The summed E-state index contributed by atoms with van der Waals surface area (Å²) in [6, 6.07) is 0. The summed E-state index contributed by atoms with van der Waals surface area (Å²) in [7, 11) is 1.69. The second-order valence-corrected chi connectivity index (χ2v) is 4.86. The molecule has 0 bridgehead atoms. The maximum atomic E-state index is 11.0. The van der Waals surface area contributed by atoms with Gasteiger partial charge < -0.3 is 14.4 Å². The van der Waals surface area contributed by atoms with Gasteiger partial charge in [0, 0.05) is 33.0 Å². The number of aromatic nitrogens is 2. The smallest absolute Gasteiger partial charge is 0.330 e. The van der Waals surface area contributed by atoms with Crippen LogP contribution in [0.1, 0.15) is 12.8 Å². The molecule has 2 aliphatic rings. The summed E-state index contributed by atoms with van der Waals surface area (Å²) in [5.41, 5.74) is 0.0479. The summed E-state index contributed by atoms with van der Waals surface area (Å²) < 4.78 is 12.8. The first-order chi connectivity index (χ1) is 9.10. The van der Waals surface area contributed by atoms with E-state index >= 15 is 0 Å². The highest BCUT2D eigenvalue weighted by molar-refractivity contribution is 5.57. The number of nitrogens with zero attached hydrogens (tertiary/aromatic N) is 4. The summed E-state index contributed by atoms with van der Waals surface area (Å²) in [5, 5.41) is 15.2. The van der Waals surface area contributed by atoms with Gasteiger partial charge in [0.05, 0.1) is 18.1 Å². The zero-order chi connectivity index (χ0) is 13.5. The fourth-order valence-electron chi connectivity index (χ4n) is 2.66. The van der Waals surface area contributed by atoms with E-state index in [2.05, 4.69) is 5.10 Å². The summed E-state index contributed by atoms with van der Waals surface area (Å²) in [6.45, 7) is 2.56. The zero-order valence-corrected chi connectivity index (χ0v) is 10.7. The number of anilines is 1. The quantitative estimate of drug-likeness (QED) is 0.579. The van der Waals surface area contributed by atoms with Crippen molar-refractivity contribution in [1.82, 2.24) is 9.78 Å². The highest BCUT2D eigenvalue weighted by atomic mass is 16.7. The van der Waals surface area contributed by atoms with Crippen LogP contribution in [0, 0.1) is 10.1 Å². The molecule has 8 heteroatoms. The van der Waals surface area contributed by atoms with Crippen LogP contribution in [-0.4, -0.2) is 46.8 Å². The summed E-state index contributed by atoms with van der Waals surface area (Å²) >= 11 is 0. The van der Waals surface area contributed by atoms with E-state index in [1.807, 2.05) is 4.90 Å². The highest BCUT2D eigenvalue weighted by Gasteiger charge is 2.41. The molecule has 3 heterocycles. The van der Waals surface area contributed by atoms with E-state index in [1.165, 1.54) is 10.9 Å². The van der Waals surface area contributed by atoms with Crippen LogP contribution in [-0.2, 0) is 16.5 Å². The predicted octanol–water partition coefficient (Wildman–Crippen LogP) is 0.672. The molecule has 2 aliphatic heterocycles. The molecule has 19 heavy (non-hydrogen) atoms. The van der Waals surface area contributed by atoms with E-state index in [4.69, 9.17) is 9.47 Å². The van der Waals surface area contributed by atoms with Crippen LogP contribution in [0.2, 0.25) is 0 Å². The predicted molar refractivity (Wildman–Crippen MR) is 65.9 cm³/mol. The van der Waals surface area contributed by atoms with Crippen molar-refractivity contribution < 1.29 is 14.4 Å². The molecule has 0 aromatic carbocycles. The number of aryl methyl sites for hydroxylation is 1. The molecular formula is C11H16N4O4. The van der Waals surface area contributed by atoms with Crippen LogP contribution < -0.4 is 4.90 Å². The topological polar surface area (TPSA) is 82.7 Å². The van der Waals surface area contributed by atoms with Crippen molar-refractivity contribution in [2.45, 2.75) is 18.6 Å². The van der Waals surface area contributed by atoms with Crippen LogP contribution >= 0.6 is 0 Å². The fraction of sp³-hybridized carbons (Fsp3) is 0.727. The fourth-order valence-corrected chi connectivity index (χ4v) is 2.66. The number of hydrogen-bond acceptors (Lipinski definition) is 6. The van der Waals surface area contributed by atoms with Crippen LogP contribution in [0.4, 0.5) is 11.5 Å². The zero-order valence-electron chi connectivity index (χ0n) is 10.7. The molecule has 2 fully saturated rings. The van der Waals surface area contributed by atoms with Crippen molar-refractivity contribution >= 4 is 11.5 Å². The first kappa shape index (κ1) is 12.4. The van der Waals surface area contributed by atoms with Crippen LogP contribution in [0.5, 0.6) is 0 Å². The van der Waals surface area contributed by atoms with E-state index < -0.39 is 10.7 Å². The van der Waals surface area contributed by atoms with Gasteiger partial charge in [0.2, 0.25) is 5.82 Å². The molecule has 0 N–H and O–H groups in total. The summed E-state index contributed by atoms with van der Waals surface area (Å²) in [5.74, 6) is -0.0413. The second kappa shape index (κ2) is 4.46. The number of piperidine rings is 1. The van der Waals surface area contributed by atoms with Gasteiger partial charge in [-0.25, -0.2) is 0 Å². The van der Waals surface area contributed by atoms with Crippen molar-refractivity contribution in [3.05, 3.63) is 16.3 Å². The lowest BCUT2D eigenvalue weighted by Crippen LogP contribution is -2.45. The lowest BCUT2D eigenvalue weighted by molar-refractivity contribution is -0.384. The molecule has 8 nitrogen and oxygen atoms in total. The molecule has 0 aliphatic carbocycles. The molecule has 0 atom stereocenters. The average molecular weight is 268 g/mol. The Kier molecular flexibility index (Phi) is 2.90. The lowest BCUT2D eigenvalue weighted by atomic mass is 10.0. The minimum atomic E-state index is -0.472. The molecule has 1 spiro atoms. The Morgan fingerprint density at radius 2 is 2.00 bits per heavy atom. The van der Waals surface area contributed by atoms with E-state index in [0.717, 1.165) is 0 Å². The van der Waals surface area contributed by atoms with E-state index in [-0.39, 0.29) is 5.69 Å². The number of ether oxygens (including phenoxy) is 2. The van der Waals surface area contributed by atoms with Gasteiger partial charge in [0.1, 0.15) is 6.20 Å². The monoisotopic (exact) mass is 268 g/mol. The second-order valence-electron chi connectivity index (χ2n) is 4.86. The number of rotatable bonds is 2. The third-order valence-electron chi connectivity index (χ3n) is 3.63. The maximum absolute atomic E-state index is 11.0. The van der Waals surface area contributed by atoms with E-state index in [0.29, 0.717) is 45.0 Å². The summed E-state index contributed by atoms with van der Waals surface area (Å²) in [6.07, 6.45) is 2.85. The first-order valence-electron chi connectivity index (χ1n) is 6.31. The summed E-state index contributed by atoms with van der Waals surface area (Å²) in [4.78, 5) is 12.5. The average Bonchev–Trinajstić information content (AvgIpc) is 2.98. The van der Waals surface area contributed by atoms with Gasteiger partial charge in [-0.3, -0.25) is 14.8 Å². The number of hydrogen-bond donors (Lipinski definition) is 0. The van der Waals surface area contributed by atoms with Gasteiger partial charge in [-0.05, 0) is 0 Å². The molecule has 1 aromatic rings. The van der Waals surface area contributed by atoms with Crippen molar-refractivity contribution in [1.29, 1.82) is 0 Å². The van der Waals surface area contributed by atoms with Gasteiger partial charge >= 0.3 is 5.69 Å². The minimum Gasteiger partial charge on any atom is -0.349 e. The molecule has 0 saturated carbocycles. The Bertz CT molecular complexity index is 485. The number of nitro groups is 1. The molecule has 3 rings (SSSR count). The molecule has 1 aromatic heterocycles. The van der Waals surface area contributed by atoms with Gasteiger partial charge in [0.25, 0.3) is 0 Å². The normalized spacial score (nSPS) is 22.1. The minimum absolute atomic E-state index is 0.0479. The van der Waals surface area contributed by atoms with Crippen molar-refractivity contribution in [3.8, 4) is 0 Å². The van der Waals surface area contributed by atoms with Gasteiger partial charge in [-0.2, -0.15) is 0 Å². The van der Waals surface area contributed by atoms with E-state index in [1.54, 1.807) is 7.05 Å². The van der Waals surface area contributed by atoms with Crippen molar-refractivity contribution in [3.63, 3.8) is 0 Å². The van der Waals surface area contributed by atoms with Gasteiger partial charge in [0.15, 0.2) is 5.79 Å². The molecule has 104 valence electrons. The Labute approximate surface area is 110 Å². The molecule has 0 unspecified atom stereocenters. The Morgan fingerprint density at radius 3 is 2.58 bits per heavy atom. The molecular weight excluding hydrogens is 252 g/mol. The molecule has 2 saturated heterocycles. The Balaban J connectivity index is 1.76. The van der Waals surface area contributed by atoms with Crippen LogP contribution in [0.15, 0.2) is 6.20 Å². The third kappa shape index (κ3) is 2.17. The third-order valence-corrected chi connectivity index (χ3v) is 3.63. The van der Waals surface area contributed by atoms with Crippen LogP contribution in [0.3, 0.4) is 0 Å². The standard InChI is InChI=1S/C11H16N4O4/c1-13-8-9(15(16)17)10(12-13)14-4-2-11(3-5-14)18-6-7-19-11/h8H,2-7H2,1H3. The SMILES string of the molecule is Cn1cc([N+](=O)[O-])c(N2CCC3(CC2)OCCO3)n1. The first-order valence-corrected chi connectivity index (χ1v) is 6.31. The molecule has 0 radical (unpaired) electrons. The maximum Gasteiger partial charge on any atom is 0.330 e. The Hall–Kier alpha value is -1.67. The largest absolute Gasteiger partial charge is 0.349 e. The lowest BCUT2D eigenvalue weighted by Gasteiger charge is -2.37.